The number of hydrogen-bond donors (Lipinski definition) is 2. The minimum atomic E-state index is -0.409. The Bertz CT molecular complexity index is 1260. The van der Waals surface area contributed by atoms with E-state index in [2.05, 4.69) is 5.32 Å². The van der Waals surface area contributed by atoms with Crippen LogP contribution in [0, 0.1) is 0 Å². The van der Waals surface area contributed by atoms with Gasteiger partial charge in [-0.2, -0.15) is 0 Å². The summed E-state index contributed by atoms with van der Waals surface area (Å²) in [6.07, 6.45) is 6.60. The van der Waals surface area contributed by atoms with Crippen LogP contribution in [0.25, 0.3) is 18.2 Å². The molecule has 188 valence electrons. The number of rotatable bonds is 10. The number of nitrogens with one attached hydrogen (secondary N) is 1. The van der Waals surface area contributed by atoms with Crippen molar-refractivity contribution in [3.8, 4) is 34.5 Å². The molecule has 36 heavy (non-hydrogen) atoms. The van der Waals surface area contributed by atoms with E-state index >= 15 is 0 Å². The highest BCUT2D eigenvalue weighted by molar-refractivity contribution is 6.04. The van der Waals surface area contributed by atoms with Crippen molar-refractivity contribution in [2.75, 3.05) is 40.9 Å². The van der Waals surface area contributed by atoms with E-state index < -0.39 is 5.91 Å². The van der Waals surface area contributed by atoms with Gasteiger partial charge in [-0.05, 0) is 47.5 Å². The van der Waals surface area contributed by atoms with Crippen LogP contribution in [-0.4, -0.2) is 46.6 Å². The first-order chi connectivity index (χ1) is 17.4. The average molecular weight is 492 g/mol. The Kier molecular flexibility index (Phi) is 8.83. The van der Waals surface area contributed by atoms with Crippen LogP contribution < -0.4 is 29.0 Å². The van der Waals surface area contributed by atoms with Crippen LogP contribution in [0.3, 0.4) is 0 Å². The summed E-state index contributed by atoms with van der Waals surface area (Å²) >= 11 is 0. The highest BCUT2D eigenvalue weighted by atomic mass is 16.5. The molecule has 0 bridgehead atoms. The van der Waals surface area contributed by atoms with Gasteiger partial charge >= 0.3 is 0 Å². The zero-order valence-corrected chi connectivity index (χ0v) is 20.8. The lowest BCUT2D eigenvalue weighted by molar-refractivity contribution is -0.111. The van der Waals surface area contributed by atoms with Crippen LogP contribution in [0.2, 0.25) is 0 Å². The smallest absolute Gasteiger partial charge is 0.248 e. The van der Waals surface area contributed by atoms with Gasteiger partial charge in [-0.1, -0.05) is 30.4 Å². The second-order valence-electron chi connectivity index (χ2n) is 7.47. The van der Waals surface area contributed by atoms with E-state index in [1.165, 1.54) is 19.3 Å². The molecule has 1 amide bonds. The van der Waals surface area contributed by atoms with Crippen LogP contribution in [0.1, 0.15) is 16.7 Å². The molecule has 0 unspecified atom stereocenters. The van der Waals surface area contributed by atoms with E-state index in [4.69, 9.17) is 23.7 Å². The van der Waals surface area contributed by atoms with Gasteiger partial charge in [0.25, 0.3) is 0 Å². The minimum Gasteiger partial charge on any atom is -0.506 e. The highest BCUT2D eigenvalue weighted by Gasteiger charge is 2.13. The average Bonchev–Trinajstić information content (AvgIpc) is 2.91. The molecule has 0 atom stereocenters. The number of methoxy groups -OCH3 is 5. The van der Waals surface area contributed by atoms with E-state index in [0.717, 1.165) is 11.1 Å². The third-order valence-corrected chi connectivity index (χ3v) is 5.30. The summed E-state index contributed by atoms with van der Waals surface area (Å²) in [5.74, 6) is 2.20. The summed E-state index contributed by atoms with van der Waals surface area (Å²) in [5.41, 5.74) is 2.42. The predicted octanol–water partition coefficient (Wildman–Crippen LogP) is 5.26. The summed E-state index contributed by atoms with van der Waals surface area (Å²) in [4.78, 5) is 12.6. The monoisotopic (exact) mass is 491 g/mol. The van der Waals surface area contributed by atoms with Crippen LogP contribution in [0.4, 0.5) is 5.69 Å². The summed E-state index contributed by atoms with van der Waals surface area (Å²) in [6.45, 7) is 0. The number of ether oxygens (including phenoxy) is 5. The van der Waals surface area contributed by atoms with Crippen molar-refractivity contribution in [2.24, 2.45) is 0 Å². The van der Waals surface area contributed by atoms with Gasteiger partial charge in [0.2, 0.25) is 11.7 Å². The molecule has 0 aliphatic rings. The van der Waals surface area contributed by atoms with Gasteiger partial charge < -0.3 is 34.1 Å². The maximum absolute atomic E-state index is 12.6. The molecule has 8 nitrogen and oxygen atoms in total. The summed E-state index contributed by atoms with van der Waals surface area (Å²) < 4.78 is 26.7. The Hall–Kier alpha value is -4.59. The molecule has 0 radical (unpaired) electrons. The van der Waals surface area contributed by atoms with Gasteiger partial charge in [0.05, 0.1) is 41.2 Å². The molecule has 8 heteroatoms. The number of phenolic OH excluding ortho intramolecular Hbond substituents is 1. The lowest BCUT2D eigenvalue weighted by atomic mass is 10.1. The van der Waals surface area contributed by atoms with Crippen molar-refractivity contribution >= 4 is 29.8 Å². The standard InChI is InChI=1S/C28H29NO7/c1-32-22-13-10-18(15-23(22)33-2)11-14-26(31)29-27-20(7-6-8-21(27)30)12-9-19-16-24(34-3)28(36-5)25(17-19)35-4/h6-17,30H,1-5H3,(H,29,31)/b12-9?,14-11+. The Labute approximate surface area is 210 Å². The molecule has 0 aliphatic heterocycles. The molecule has 3 aromatic rings. The molecule has 0 saturated carbocycles. The summed E-state index contributed by atoms with van der Waals surface area (Å²) in [6, 6.07) is 13.9. The second-order valence-corrected chi connectivity index (χ2v) is 7.47. The molecule has 2 N–H and O–H groups in total. The van der Waals surface area contributed by atoms with Crippen molar-refractivity contribution < 1.29 is 33.6 Å². The third kappa shape index (κ3) is 6.09. The van der Waals surface area contributed by atoms with Crippen LogP contribution >= 0.6 is 0 Å². The van der Waals surface area contributed by atoms with Gasteiger partial charge in [0, 0.05) is 11.6 Å². The molecule has 0 saturated heterocycles. The number of para-hydroxylation sites is 1. The molecule has 3 rings (SSSR count). The first kappa shape index (κ1) is 26.0. The highest BCUT2D eigenvalue weighted by Crippen LogP contribution is 2.39. The van der Waals surface area contributed by atoms with Gasteiger partial charge in [-0.15, -0.1) is 0 Å². The molecule has 0 heterocycles. The quantitative estimate of drug-likeness (QED) is 0.227. The maximum atomic E-state index is 12.6. The Morgan fingerprint density at radius 1 is 0.722 bits per heavy atom. The van der Waals surface area contributed by atoms with Gasteiger partial charge in [-0.3, -0.25) is 4.79 Å². The van der Waals surface area contributed by atoms with Crippen molar-refractivity contribution in [3.05, 3.63) is 71.3 Å². The lowest BCUT2D eigenvalue weighted by Crippen LogP contribution is -2.09. The fraction of sp³-hybridized carbons (Fsp3) is 0.179. The molecule has 0 aliphatic carbocycles. The number of hydrogen-bond acceptors (Lipinski definition) is 7. The van der Waals surface area contributed by atoms with Crippen molar-refractivity contribution in [1.29, 1.82) is 0 Å². The third-order valence-electron chi connectivity index (χ3n) is 5.30. The molecule has 0 spiro atoms. The molecule has 0 aromatic heterocycles. The molecule has 0 fully saturated rings. The van der Waals surface area contributed by atoms with Crippen molar-refractivity contribution in [3.63, 3.8) is 0 Å². The largest absolute Gasteiger partial charge is 0.506 e. The Morgan fingerprint density at radius 3 is 1.97 bits per heavy atom. The normalized spacial score (nSPS) is 10.9. The number of anilines is 1. The molecule has 3 aromatic carbocycles. The zero-order chi connectivity index (χ0) is 26.1. The first-order valence-corrected chi connectivity index (χ1v) is 10.9. The van der Waals surface area contributed by atoms with Crippen molar-refractivity contribution in [2.45, 2.75) is 0 Å². The predicted molar refractivity (Wildman–Crippen MR) is 140 cm³/mol. The van der Waals surface area contributed by atoms with E-state index in [9.17, 15) is 9.90 Å². The van der Waals surface area contributed by atoms with Crippen molar-refractivity contribution in [1.82, 2.24) is 0 Å². The van der Waals surface area contributed by atoms with Gasteiger partial charge in [-0.25, -0.2) is 0 Å². The van der Waals surface area contributed by atoms with Crippen LogP contribution in [0.5, 0.6) is 34.5 Å². The number of carbonyl (C=O) groups is 1. The SMILES string of the molecule is COc1ccc(/C=C/C(=O)Nc2c(O)cccc2C=Cc2cc(OC)c(OC)c(OC)c2)cc1OC. The van der Waals surface area contributed by atoms with Crippen LogP contribution in [-0.2, 0) is 4.79 Å². The number of amides is 1. The van der Waals surface area contributed by atoms with Crippen LogP contribution in [0.15, 0.2) is 54.6 Å². The Balaban J connectivity index is 1.83. The fourth-order valence-corrected chi connectivity index (χ4v) is 3.51. The molecular weight excluding hydrogens is 462 g/mol. The second kappa shape index (κ2) is 12.2. The number of aromatic hydroxyl groups is 1. The lowest BCUT2D eigenvalue weighted by Gasteiger charge is -2.13. The van der Waals surface area contributed by atoms with Gasteiger partial charge in [0.1, 0.15) is 5.75 Å². The minimum absolute atomic E-state index is 0.0603. The maximum Gasteiger partial charge on any atom is 0.248 e. The number of benzene rings is 3. The van der Waals surface area contributed by atoms with E-state index in [1.54, 1.807) is 83.1 Å². The first-order valence-electron chi connectivity index (χ1n) is 10.9. The topological polar surface area (TPSA) is 95.5 Å². The van der Waals surface area contributed by atoms with Gasteiger partial charge in [0.15, 0.2) is 23.0 Å². The summed E-state index contributed by atoms with van der Waals surface area (Å²) in [5, 5.41) is 13.2. The zero-order valence-electron chi connectivity index (χ0n) is 20.8. The fourth-order valence-electron chi connectivity index (χ4n) is 3.51. The number of carbonyl (C=O) groups excluding carboxylic acids is 1. The molecular formula is C28H29NO7. The van der Waals surface area contributed by atoms with E-state index in [-0.39, 0.29) is 11.4 Å². The van der Waals surface area contributed by atoms with E-state index in [0.29, 0.717) is 34.3 Å². The number of phenols is 1. The Morgan fingerprint density at radius 2 is 1.36 bits per heavy atom. The van der Waals surface area contributed by atoms with E-state index in [1.807, 2.05) is 6.08 Å². The summed E-state index contributed by atoms with van der Waals surface area (Å²) in [7, 11) is 7.73.